The molecule has 21 heavy (non-hydrogen) atoms. The molecule has 0 aliphatic carbocycles. The van der Waals surface area contributed by atoms with Crippen LogP contribution in [0.3, 0.4) is 0 Å². The zero-order chi connectivity index (χ0) is 15.6. The van der Waals surface area contributed by atoms with Gasteiger partial charge in [0.05, 0.1) is 0 Å². The lowest BCUT2D eigenvalue weighted by Crippen LogP contribution is -2.27. The van der Waals surface area contributed by atoms with Crippen molar-refractivity contribution in [3.8, 4) is 0 Å². The molecule has 2 N–H and O–H groups in total. The first-order chi connectivity index (χ1) is 9.80. The summed E-state index contributed by atoms with van der Waals surface area (Å²) in [7, 11) is -2.19. The van der Waals surface area contributed by atoms with E-state index in [-0.39, 0.29) is 17.3 Å². The van der Waals surface area contributed by atoms with Gasteiger partial charge >= 0.3 is 0 Å². The number of halogens is 2. The molecule has 112 valence electrons. The van der Waals surface area contributed by atoms with Gasteiger partial charge in [-0.15, -0.1) is 0 Å². The Morgan fingerprint density at radius 2 is 1.95 bits per heavy atom. The van der Waals surface area contributed by atoms with Crippen molar-refractivity contribution >= 4 is 47.7 Å². The van der Waals surface area contributed by atoms with Gasteiger partial charge in [-0.1, -0.05) is 28.1 Å². The van der Waals surface area contributed by atoms with E-state index in [4.69, 9.17) is 5.73 Å². The molecule has 8 heteroatoms. The lowest BCUT2D eigenvalue weighted by atomic mass is 10.2. The lowest BCUT2D eigenvalue weighted by Gasteiger charge is -2.18. The maximum absolute atomic E-state index is 12.6. The van der Waals surface area contributed by atoms with Crippen molar-refractivity contribution in [3.05, 3.63) is 51.0 Å². The molecule has 0 saturated carbocycles. The molecular formula is C13H13Br2N3O2S. The number of rotatable bonds is 4. The Balaban J connectivity index is 2.33. The average Bonchev–Trinajstić information content (AvgIpc) is 2.41. The van der Waals surface area contributed by atoms with Gasteiger partial charge in [0, 0.05) is 28.7 Å². The van der Waals surface area contributed by atoms with Gasteiger partial charge in [-0.3, -0.25) is 0 Å². The van der Waals surface area contributed by atoms with Crippen LogP contribution in [-0.4, -0.2) is 24.8 Å². The number of hydrogen-bond acceptors (Lipinski definition) is 4. The Morgan fingerprint density at radius 3 is 2.62 bits per heavy atom. The van der Waals surface area contributed by atoms with Gasteiger partial charge in [0.1, 0.15) is 10.7 Å². The molecule has 0 fully saturated rings. The Labute approximate surface area is 140 Å². The van der Waals surface area contributed by atoms with Crippen LogP contribution in [0.2, 0.25) is 0 Å². The average molecular weight is 435 g/mol. The first-order valence-corrected chi connectivity index (χ1v) is 8.95. The number of nitrogen functional groups attached to an aromatic ring is 1. The number of nitrogens with two attached hydrogens (primary N) is 1. The zero-order valence-corrected chi connectivity index (χ0v) is 15.1. The number of benzene rings is 1. The quantitative estimate of drug-likeness (QED) is 0.802. The summed E-state index contributed by atoms with van der Waals surface area (Å²) in [4.78, 5) is 3.86. The molecule has 2 aromatic rings. The minimum Gasteiger partial charge on any atom is -0.383 e. The fourth-order valence-corrected chi connectivity index (χ4v) is 3.96. The molecule has 1 aromatic carbocycles. The van der Waals surface area contributed by atoms with E-state index in [1.807, 2.05) is 24.3 Å². The molecule has 0 saturated heterocycles. The lowest BCUT2D eigenvalue weighted by molar-refractivity contribution is 0.466. The van der Waals surface area contributed by atoms with E-state index >= 15 is 0 Å². The standard InChI is InChI=1S/C13H13Br2N3O2S/c1-18(8-9-3-2-4-10(14)5-9)21(19,20)12-6-11(15)7-17-13(12)16/h2-7H,8H2,1H3,(H2,16,17). The van der Waals surface area contributed by atoms with E-state index in [1.165, 1.54) is 23.6 Å². The van der Waals surface area contributed by atoms with Gasteiger partial charge in [0.15, 0.2) is 0 Å². The fourth-order valence-electron chi connectivity index (χ4n) is 1.78. The monoisotopic (exact) mass is 433 g/mol. The van der Waals surface area contributed by atoms with Crippen molar-refractivity contribution in [2.75, 3.05) is 12.8 Å². The fraction of sp³-hybridized carbons (Fsp3) is 0.154. The first kappa shape index (κ1) is 16.4. The number of sulfonamides is 1. The summed E-state index contributed by atoms with van der Waals surface area (Å²) in [5.41, 5.74) is 6.56. The van der Waals surface area contributed by atoms with Crippen LogP contribution in [0.25, 0.3) is 0 Å². The van der Waals surface area contributed by atoms with Crippen molar-refractivity contribution in [3.63, 3.8) is 0 Å². The minimum atomic E-state index is -3.70. The van der Waals surface area contributed by atoms with E-state index in [9.17, 15) is 8.42 Å². The van der Waals surface area contributed by atoms with Crippen molar-refractivity contribution in [2.45, 2.75) is 11.4 Å². The smallest absolute Gasteiger partial charge is 0.246 e. The van der Waals surface area contributed by atoms with Crippen LogP contribution < -0.4 is 5.73 Å². The minimum absolute atomic E-state index is 0.00521. The molecule has 0 aliphatic rings. The summed E-state index contributed by atoms with van der Waals surface area (Å²) in [5.74, 6) is -0.0145. The normalized spacial score (nSPS) is 11.8. The summed E-state index contributed by atoms with van der Waals surface area (Å²) in [6.07, 6.45) is 1.46. The second kappa shape index (κ2) is 6.43. The number of nitrogens with zero attached hydrogens (tertiary/aromatic N) is 2. The van der Waals surface area contributed by atoms with Crippen molar-refractivity contribution in [2.24, 2.45) is 0 Å². The summed E-state index contributed by atoms with van der Waals surface area (Å²) in [6, 6.07) is 8.92. The van der Waals surface area contributed by atoms with Crippen LogP contribution in [0.4, 0.5) is 5.82 Å². The maximum Gasteiger partial charge on any atom is 0.246 e. The molecule has 0 aliphatic heterocycles. The van der Waals surface area contributed by atoms with Gasteiger partial charge in [-0.05, 0) is 39.7 Å². The molecule has 0 amide bonds. The van der Waals surface area contributed by atoms with Crippen molar-refractivity contribution in [1.82, 2.24) is 9.29 Å². The topological polar surface area (TPSA) is 76.3 Å². The third kappa shape index (κ3) is 3.82. The van der Waals surface area contributed by atoms with E-state index in [0.717, 1.165) is 10.0 Å². The van der Waals surface area contributed by atoms with E-state index in [2.05, 4.69) is 36.8 Å². The van der Waals surface area contributed by atoms with Crippen LogP contribution in [0.5, 0.6) is 0 Å². The van der Waals surface area contributed by atoms with Crippen LogP contribution in [-0.2, 0) is 16.6 Å². The summed E-state index contributed by atoms with van der Waals surface area (Å²) in [5, 5.41) is 0. The van der Waals surface area contributed by atoms with Crippen molar-refractivity contribution in [1.29, 1.82) is 0 Å². The van der Waals surface area contributed by atoms with Gasteiger partial charge in [0.2, 0.25) is 10.0 Å². The predicted molar refractivity (Wildman–Crippen MR) is 89.1 cm³/mol. The Kier molecular flexibility index (Phi) is 5.03. The summed E-state index contributed by atoms with van der Waals surface area (Å²) >= 11 is 6.57. The highest BCUT2D eigenvalue weighted by molar-refractivity contribution is 9.10. The van der Waals surface area contributed by atoms with E-state index < -0.39 is 10.0 Å². The third-order valence-electron chi connectivity index (χ3n) is 2.83. The summed E-state index contributed by atoms with van der Waals surface area (Å²) < 4.78 is 27.8. The second-order valence-electron chi connectivity index (χ2n) is 4.43. The number of hydrogen-bond donors (Lipinski definition) is 1. The number of pyridine rings is 1. The van der Waals surface area contributed by atoms with Crippen LogP contribution in [0.15, 0.2) is 50.4 Å². The van der Waals surface area contributed by atoms with Gasteiger partial charge < -0.3 is 5.73 Å². The number of aromatic nitrogens is 1. The van der Waals surface area contributed by atoms with Crippen molar-refractivity contribution < 1.29 is 8.42 Å². The predicted octanol–water partition coefficient (Wildman–Crippen LogP) is 3.01. The molecule has 1 heterocycles. The second-order valence-corrected chi connectivity index (χ2v) is 8.27. The SMILES string of the molecule is CN(Cc1cccc(Br)c1)S(=O)(=O)c1cc(Br)cnc1N. The number of anilines is 1. The Hall–Kier alpha value is -0.960. The molecular weight excluding hydrogens is 422 g/mol. The molecule has 2 rings (SSSR count). The molecule has 1 aromatic heterocycles. The molecule has 0 radical (unpaired) electrons. The first-order valence-electron chi connectivity index (χ1n) is 5.92. The highest BCUT2D eigenvalue weighted by atomic mass is 79.9. The van der Waals surface area contributed by atoms with E-state index in [0.29, 0.717) is 4.47 Å². The van der Waals surface area contributed by atoms with Crippen LogP contribution in [0, 0.1) is 0 Å². The highest BCUT2D eigenvalue weighted by Crippen LogP contribution is 2.24. The summed E-state index contributed by atoms with van der Waals surface area (Å²) in [6.45, 7) is 0.244. The molecule has 5 nitrogen and oxygen atoms in total. The highest BCUT2D eigenvalue weighted by Gasteiger charge is 2.24. The molecule has 0 unspecified atom stereocenters. The molecule has 0 bridgehead atoms. The maximum atomic E-state index is 12.6. The van der Waals surface area contributed by atoms with E-state index in [1.54, 1.807) is 0 Å². The van der Waals surface area contributed by atoms with Gasteiger partial charge in [-0.2, -0.15) is 4.31 Å². The third-order valence-corrected chi connectivity index (χ3v) is 5.59. The Bertz CT molecular complexity index is 766. The molecule has 0 spiro atoms. The largest absolute Gasteiger partial charge is 0.383 e. The van der Waals surface area contributed by atoms with Gasteiger partial charge in [0.25, 0.3) is 0 Å². The zero-order valence-electron chi connectivity index (χ0n) is 11.1. The Morgan fingerprint density at radius 1 is 1.24 bits per heavy atom. The van der Waals surface area contributed by atoms with Gasteiger partial charge in [-0.25, -0.2) is 13.4 Å². The van der Waals surface area contributed by atoms with Crippen LogP contribution >= 0.6 is 31.9 Å². The van der Waals surface area contributed by atoms with Crippen LogP contribution in [0.1, 0.15) is 5.56 Å². The molecule has 0 atom stereocenters.